The quantitative estimate of drug-likeness (QED) is 0.243. The molecule has 0 saturated carbocycles. The van der Waals surface area contributed by atoms with E-state index in [1.165, 1.54) is 12.1 Å². The molecule has 2 heterocycles. The second kappa shape index (κ2) is 5.07. The molecule has 134 valence electrons. The number of nitro groups is 2. The van der Waals surface area contributed by atoms with E-state index in [9.17, 15) is 30.6 Å². The van der Waals surface area contributed by atoms with Crippen molar-refractivity contribution >= 4 is 33.4 Å². The van der Waals surface area contributed by atoms with Gasteiger partial charge in [0.25, 0.3) is 5.69 Å². The third kappa shape index (κ3) is 1.98. The van der Waals surface area contributed by atoms with Crippen molar-refractivity contribution in [3.05, 3.63) is 50.6 Å². The predicted molar refractivity (Wildman–Crippen MR) is 83.0 cm³/mol. The van der Waals surface area contributed by atoms with E-state index >= 15 is 0 Å². The van der Waals surface area contributed by atoms with Crippen molar-refractivity contribution in [3.8, 4) is 5.69 Å². The van der Waals surface area contributed by atoms with E-state index in [2.05, 4.69) is 10.3 Å². The van der Waals surface area contributed by atoms with Crippen molar-refractivity contribution in [3.63, 3.8) is 0 Å². The molecule has 0 spiro atoms. The summed E-state index contributed by atoms with van der Waals surface area (Å²) in [6.45, 7) is 0. The molecule has 0 radical (unpaired) electrons. The van der Waals surface area contributed by atoms with Gasteiger partial charge in [-0.25, -0.2) is 0 Å². The van der Waals surface area contributed by atoms with Crippen LogP contribution in [0.1, 0.15) is 0 Å². The first-order chi connectivity index (χ1) is 12.4. The lowest BCUT2D eigenvalue weighted by molar-refractivity contribution is -0.394. The standard InChI is InChI=1S/C12H9N7O7/c20-16-12-7(2-4-9-11(12)14-26-19(9)25)13-15(16)8-3-1-6(17(21)22)5-10(8)18(23)24/h1-5,13-14,20,25H. The van der Waals surface area contributed by atoms with Crippen LogP contribution in [0.15, 0.2) is 35.0 Å². The van der Waals surface area contributed by atoms with Gasteiger partial charge in [-0.1, -0.05) is 4.85 Å². The van der Waals surface area contributed by atoms with E-state index in [1.54, 1.807) is 0 Å². The summed E-state index contributed by atoms with van der Waals surface area (Å²) >= 11 is 0. The predicted octanol–water partition coefficient (Wildman–Crippen LogP) is 2.05. The van der Waals surface area contributed by atoms with Crippen molar-refractivity contribution in [2.45, 2.75) is 0 Å². The number of benzene rings is 2. The van der Waals surface area contributed by atoms with Crippen LogP contribution in [0.3, 0.4) is 0 Å². The molecule has 0 unspecified atom stereocenters. The Bertz CT molecular complexity index is 1230. The fourth-order valence-electron chi connectivity index (χ4n) is 2.65. The summed E-state index contributed by atoms with van der Waals surface area (Å²) in [5.41, 5.74) is -0.349. The molecular formula is C12H9N7O7. The van der Waals surface area contributed by atoms with E-state index in [0.29, 0.717) is 15.3 Å². The molecule has 0 saturated heterocycles. The zero-order valence-corrected chi connectivity index (χ0v) is 12.6. The van der Waals surface area contributed by atoms with Crippen LogP contribution in [-0.2, 0) is 0 Å². The number of nitro benzene ring substituents is 2. The minimum absolute atomic E-state index is 0.117. The molecule has 14 heteroatoms. The van der Waals surface area contributed by atoms with Crippen molar-refractivity contribution in [1.29, 1.82) is 0 Å². The first-order valence-electron chi connectivity index (χ1n) is 6.96. The van der Waals surface area contributed by atoms with Gasteiger partial charge in [0.15, 0.2) is 11.2 Å². The third-order valence-corrected chi connectivity index (χ3v) is 3.81. The van der Waals surface area contributed by atoms with Crippen molar-refractivity contribution in [1.82, 2.24) is 24.8 Å². The molecule has 0 amide bonds. The number of nitrogens with one attached hydrogen (secondary N) is 2. The highest BCUT2D eigenvalue weighted by Gasteiger charge is 2.24. The fraction of sp³-hybridized carbons (Fsp3) is 0. The summed E-state index contributed by atoms with van der Waals surface area (Å²) in [6, 6.07) is 5.95. The smallest absolute Gasteiger partial charge is 0.303 e. The van der Waals surface area contributed by atoms with E-state index in [1.807, 2.05) is 0 Å². The Morgan fingerprint density at radius 3 is 2.54 bits per heavy atom. The average molecular weight is 363 g/mol. The topological polar surface area (TPSA) is 186 Å². The summed E-state index contributed by atoms with van der Waals surface area (Å²) in [7, 11) is 0. The summed E-state index contributed by atoms with van der Waals surface area (Å²) < 4.78 is 4.71. The Labute approximate surface area is 140 Å². The van der Waals surface area contributed by atoms with Crippen LogP contribution in [0.5, 0.6) is 0 Å². The SMILES string of the molecule is O=[N+]([O-])c1ccc(-n2[nH]c3ccc4c([nH]on4O)c3n2O)c([N+](=O)[O-])c1. The maximum Gasteiger partial charge on any atom is 0.303 e. The van der Waals surface area contributed by atoms with Gasteiger partial charge in [-0.2, -0.15) is 9.95 Å². The van der Waals surface area contributed by atoms with E-state index in [4.69, 9.17) is 4.63 Å². The number of rotatable bonds is 3. The first-order valence-corrected chi connectivity index (χ1v) is 6.96. The molecule has 4 aromatic rings. The van der Waals surface area contributed by atoms with Gasteiger partial charge >= 0.3 is 5.69 Å². The number of H-pyrrole nitrogens is 2. The maximum atomic E-state index is 11.3. The highest BCUT2D eigenvalue weighted by atomic mass is 16.8. The van der Waals surface area contributed by atoms with Gasteiger partial charge in [-0.15, -0.1) is 0 Å². The van der Waals surface area contributed by atoms with Gasteiger partial charge in [0.2, 0.25) is 0 Å². The summed E-state index contributed by atoms with van der Waals surface area (Å²) in [6.07, 6.45) is 0. The van der Waals surface area contributed by atoms with E-state index < -0.39 is 21.2 Å². The summed E-state index contributed by atoms with van der Waals surface area (Å²) in [4.78, 5) is 22.5. The number of nitrogens with zero attached hydrogens (tertiary/aromatic N) is 5. The summed E-state index contributed by atoms with van der Waals surface area (Å²) in [5, 5.41) is 47.3. The van der Waals surface area contributed by atoms with Gasteiger partial charge in [0, 0.05) is 6.07 Å². The molecule has 0 aliphatic rings. The third-order valence-electron chi connectivity index (χ3n) is 3.81. The number of aromatic amines is 2. The van der Waals surface area contributed by atoms with Crippen molar-refractivity contribution in [2.75, 3.05) is 0 Å². The molecule has 4 rings (SSSR count). The highest BCUT2D eigenvalue weighted by Crippen LogP contribution is 2.29. The zero-order chi connectivity index (χ0) is 18.6. The minimum atomic E-state index is -0.803. The molecule has 0 atom stereocenters. The monoisotopic (exact) mass is 363 g/mol. The Hall–Kier alpha value is -4.36. The molecule has 2 aromatic heterocycles. The zero-order valence-electron chi connectivity index (χ0n) is 12.6. The number of fused-ring (bicyclic) bond motifs is 3. The second-order valence-corrected chi connectivity index (χ2v) is 5.22. The lowest BCUT2D eigenvalue weighted by atomic mass is 10.2. The number of non-ortho nitro benzene ring substituents is 1. The minimum Gasteiger partial charge on any atom is -0.411 e. The van der Waals surface area contributed by atoms with Crippen LogP contribution in [0.4, 0.5) is 11.4 Å². The molecule has 14 nitrogen and oxygen atoms in total. The van der Waals surface area contributed by atoms with E-state index in [0.717, 1.165) is 23.0 Å². The molecule has 0 aliphatic carbocycles. The van der Waals surface area contributed by atoms with Gasteiger partial charge < -0.3 is 10.4 Å². The molecule has 0 aliphatic heterocycles. The molecule has 4 N–H and O–H groups in total. The average Bonchev–Trinajstić information content (AvgIpc) is 3.14. The first kappa shape index (κ1) is 15.2. The Balaban J connectivity index is 2.03. The highest BCUT2D eigenvalue weighted by molar-refractivity contribution is 5.99. The lowest BCUT2D eigenvalue weighted by Gasteiger charge is -2.06. The van der Waals surface area contributed by atoms with Gasteiger partial charge in [-0.3, -0.25) is 30.0 Å². The molecule has 2 aromatic carbocycles. The molecule has 0 fully saturated rings. The largest absolute Gasteiger partial charge is 0.411 e. The Kier molecular flexibility index (Phi) is 2.96. The van der Waals surface area contributed by atoms with Gasteiger partial charge in [-0.05, 0) is 23.1 Å². The van der Waals surface area contributed by atoms with Crippen LogP contribution in [0, 0.1) is 20.2 Å². The number of hydrogen-bond acceptors (Lipinski definition) is 7. The molecule has 26 heavy (non-hydrogen) atoms. The van der Waals surface area contributed by atoms with Crippen LogP contribution in [-0.4, -0.2) is 45.1 Å². The summed E-state index contributed by atoms with van der Waals surface area (Å²) in [5.74, 6) is 0. The maximum absolute atomic E-state index is 11.3. The van der Waals surface area contributed by atoms with Crippen molar-refractivity contribution < 1.29 is 24.9 Å². The normalized spacial score (nSPS) is 11.2. The van der Waals surface area contributed by atoms with Crippen LogP contribution in [0.2, 0.25) is 0 Å². The molecular weight excluding hydrogens is 354 g/mol. The Morgan fingerprint density at radius 1 is 1.08 bits per heavy atom. The fourth-order valence-corrected chi connectivity index (χ4v) is 2.65. The van der Waals surface area contributed by atoms with Crippen LogP contribution < -0.4 is 0 Å². The van der Waals surface area contributed by atoms with Gasteiger partial charge in [0.1, 0.15) is 11.0 Å². The van der Waals surface area contributed by atoms with Crippen molar-refractivity contribution in [2.24, 2.45) is 0 Å². The lowest BCUT2D eigenvalue weighted by Crippen LogP contribution is -2.11. The number of hydrogen-bond donors (Lipinski definition) is 4. The number of aromatic nitrogens is 5. The second-order valence-electron chi connectivity index (χ2n) is 5.22. The molecule has 0 bridgehead atoms. The van der Waals surface area contributed by atoms with E-state index in [-0.39, 0.29) is 22.2 Å². The van der Waals surface area contributed by atoms with Gasteiger partial charge in [0.05, 0.1) is 21.4 Å². The van der Waals surface area contributed by atoms with Crippen LogP contribution >= 0.6 is 0 Å². The van der Waals surface area contributed by atoms with Crippen LogP contribution in [0.25, 0.3) is 27.8 Å². The Morgan fingerprint density at radius 2 is 1.85 bits per heavy atom.